The third kappa shape index (κ3) is 2.92. The van der Waals surface area contributed by atoms with Crippen LogP contribution in [0.25, 0.3) is 0 Å². The van der Waals surface area contributed by atoms with Crippen molar-refractivity contribution in [2.45, 2.75) is 25.7 Å². The van der Waals surface area contributed by atoms with Gasteiger partial charge in [0.2, 0.25) is 0 Å². The SMILES string of the molecule is CN(CC1CC2CCC1C2)C(=O)c1cc(Br)cnc1NN. The highest BCUT2D eigenvalue weighted by molar-refractivity contribution is 9.10. The Bertz CT molecular complexity index is 550. The lowest BCUT2D eigenvalue weighted by atomic mass is 9.88. The third-order valence-corrected chi connectivity index (χ3v) is 5.39. The highest BCUT2D eigenvalue weighted by Gasteiger charge is 2.40. The summed E-state index contributed by atoms with van der Waals surface area (Å²) in [6.07, 6.45) is 6.99. The molecule has 6 heteroatoms. The van der Waals surface area contributed by atoms with Crippen molar-refractivity contribution in [3.63, 3.8) is 0 Å². The summed E-state index contributed by atoms with van der Waals surface area (Å²) in [6, 6.07) is 1.77. The average molecular weight is 353 g/mol. The molecule has 2 saturated carbocycles. The summed E-state index contributed by atoms with van der Waals surface area (Å²) >= 11 is 3.36. The van der Waals surface area contributed by atoms with Gasteiger partial charge in [0.25, 0.3) is 5.91 Å². The molecule has 0 radical (unpaired) electrons. The molecule has 1 heterocycles. The van der Waals surface area contributed by atoms with Crippen LogP contribution in [-0.4, -0.2) is 29.4 Å². The molecule has 21 heavy (non-hydrogen) atoms. The molecule has 2 aliphatic rings. The molecule has 1 amide bonds. The highest BCUT2D eigenvalue weighted by atomic mass is 79.9. The van der Waals surface area contributed by atoms with Gasteiger partial charge in [-0.05, 0) is 59.0 Å². The molecule has 3 atom stereocenters. The van der Waals surface area contributed by atoms with E-state index in [1.165, 1.54) is 25.7 Å². The number of nitrogens with one attached hydrogen (secondary N) is 1. The lowest BCUT2D eigenvalue weighted by Crippen LogP contribution is -2.34. The molecule has 3 unspecified atom stereocenters. The number of nitrogens with zero attached hydrogens (tertiary/aromatic N) is 2. The minimum Gasteiger partial charge on any atom is -0.341 e. The molecule has 1 aromatic rings. The Morgan fingerprint density at radius 3 is 2.95 bits per heavy atom. The number of halogens is 1. The number of hydrogen-bond acceptors (Lipinski definition) is 4. The summed E-state index contributed by atoms with van der Waals surface area (Å²) in [5.74, 6) is 8.22. The van der Waals surface area contributed by atoms with Crippen LogP contribution in [-0.2, 0) is 0 Å². The topological polar surface area (TPSA) is 71.2 Å². The molecule has 0 aromatic carbocycles. The highest BCUT2D eigenvalue weighted by Crippen LogP contribution is 2.48. The van der Waals surface area contributed by atoms with Crippen molar-refractivity contribution in [3.8, 4) is 0 Å². The van der Waals surface area contributed by atoms with E-state index in [2.05, 4.69) is 26.3 Å². The monoisotopic (exact) mass is 352 g/mol. The van der Waals surface area contributed by atoms with Crippen LogP contribution in [0, 0.1) is 17.8 Å². The van der Waals surface area contributed by atoms with E-state index in [0.29, 0.717) is 17.3 Å². The molecule has 114 valence electrons. The van der Waals surface area contributed by atoms with Crippen LogP contribution >= 0.6 is 15.9 Å². The van der Waals surface area contributed by atoms with Crippen molar-refractivity contribution in [1.29, 1.82) is 0 Å². The van der Waals surface area contributed by atoms with E-state index in [1.807, 2.05) is 11.9 Å². The zero-order chi connectivity index (χ0) is 15.0. The second kappa shape index (κ2) is 5.93. The van der Waals surface area contributed by atoms with Gasteiger partial charge in [-0.15, -0.1) is 0 Å². The first kappa shape index (κ1) is 14.8. The number of hydrazine groups is 1. The number of anilines is 1. The molecular weight excluding hydrogens is 332 g/mol. The van der Waals surface area contributed by atoms with E-state index in [0.717, 1.165) is 22.9 Å². The molecule has 2 aliphatic carbocycles. The summed E-state index contributed by atoms with van der Waals surface area (Å²) in [4.78, 5) is 18.6. The summed E-state index contributed by atoms with van der Waals surface area (Å²) in [5, 5.41) is 0. The molecule has 5 nitrogen and oxygen atoms in total. The van der Waals surface area contributed by atoms with Gasteiger partial charge in [0.05, 0.1) is 5.56 Å². The zero-order valence-corrected chi connectivity index (χ0v) is 13.8. The van der Waals surface area contributed by atoms with Gasteiger partial charge in [0.1, 0.15) is 0 Å². The fourth-order valence-corrected chi connectivity index (χ4v) is 4.29. The number of pyridine rings is 1. The first-order valence-electron chi connectivity index (χ1n) is 7.46. The smallest absolute Gasteiger partial charge is 0.257 e. The zero-order valence-electron chi connectivity index (χ0n) is 12.2. The van der Waals surface area contributed by atoms with Gasteiger partial charge in [-0.3, -0.25) is 4.79 Å². The number of nitrogen functional groups attached to an aromatic ring is 1. The normalized spacial score (nSPS) is 26.9. The Morgan fingerprint density at radius 2 is 2.33 bits per heavy atom. The molecule has 1 aromatic heterocycles. The van der Waals surface area contributed by atoms with Crippen molar-refractivity contribution in [1.82, 2.24) is 9.88 Å². The molecular formula is C15H21BrN4O. The molecule has 0 saturated heterocycles. The van der Waals surface area contributed by atoms with Crippen LogP contribution < -0.4 is 11.3 Å². The Kier molecular flexibility index (Phi) is 4.17. The van der Waals surface area contributed by atoms with Gasteiger partial charge in [-0.2, -0.15) is 0 Å². The summed E-state index contributed by atoms with van der Waals surface area (Å²) in [5.41, 5.74) is 3.01. The summed E-state index contributed by atoms with van der Waals surface area (Å²) in [6.45, 7) is 0.830. The first-order valence-corrected chi connectivity index (χ1v) is 8.25. The number of nitrogens with two attached hydrogens (primary N) is 1. The van der Waals surface area contributed by atoms with Gasteiger partial charge in [-0.25, -0.2) is 10.8 Å². The summed E-state index contributed by atoms with van der Waals surface area (Å²) < 4.78 is 0.776. The average Bonchev–Trinajstić information content (AvgIpc) is 3.09. The number of fused-ring (bicyclic) bond motifs is 2. The fourth-order valence-electron chi connectivity index (χ4n) is 3.96. The largest absolute Gasteiger partial charge is 0.341 e. The Morgan fingerprint density at radius 1 is 1.52 bits per heavy atom. The predicted molar refractivity (Wildman–Crippen MR) is 85.6 cm³/mol. The van der Waals surface area contributed by atoms with E-state index >= 15 is 0 Å². The molecule has 2 fully saturated rings. The predicted octanol–water partition coefficient (Wildman–Crippen LogP) is 2.64. The van der Waals surface area contributed by atoms with Gasteiger partial charge >= 0.3 is 0 Å². The fraction of sp³-hybridized carbons (Fsp3) is 0.600. The third-order valence-electron chi connectivity index (χ3n) is 4.96. The van der Waals surface area contributed by atoms with Crippen LogP contribution in [0.5, 0.6) is 0 Å². The maximum atomic E-state index is 12.6. The minimum absolute atomic E-state index is 0.0282. The lowest BCUT2D eigenvalue weighted by Gasteiger charge is -2.27. The van der Waals surface area contributed by atoms with Gasteiger partial charge in [-0.1, -0.05) is 6.42 Å². The number of aromatic nitrogens is 1. The lowest BCUT2D eigenvalue weighted by molar-refractivity contribution is 0.0755. The molecule has 3 N–H and O–H groups in total. The van der Waals surface area contributed by atoms with E-state index in [1.54, 1.807) is 12.3 Å². The summed E-state index contributed by atoms with van der Waals surface area (Å²) in [7, 11) is 1.87. The van der Waals surface area contributed by atoms with E-state index in [9.17, 15) is 4.79 Å². The Hall–Kier alpha value is -1.14. The van der Waals surface area contributed by atoms with Gasteiger partial charge in [0, 0.05) is 24.3 Å². The maximum absolute atomic E-state index is 12.6. The standard InChI is InChI=1S/C15H21BrN4O/c1-20(8-11-5-9-2-3-10(11)4-9)15(21)13-6-12(16)7-18-14(13)19-17/h6-7,9-11H,2-5,8,17H2,1H3,(H,18,19). The van der Waals surface area contributed by atoms with Crippen molar-refractivity contribution in [2.24, 2.45) is 23.6 Å². The Labute approximate surface area is 133 Å². The molecule has 3 rings (SSSR count). The first-order chi connectivity index (χ1) is 10.1. The second-order valence-corrected chi connectivity index (χ2v) is 7.23. The Balaban J connectivity index is 1.71. The number of carbonyl (C=O) groups is 1. The van der Waals surface area contributed by atoms with E-state index in [-0.39, 0.29) is 5.91 Å². The van der Waals surface area contributed by atoms with Crippen molar-refractivity contribution >= 4 is 27.7 Å². The maximum Gasteiger partial charge on any atom is 0.257 e. The molecule has 0 spiro atoms. The van der Waals surface area contributed by atoms with Crippen LogP contribution in [0.2, 0.25) is 0 Å². The van der Waals surface area contributed by atoms with Crippen LogP contribution in [0.1, 0.15) is 36.0 Å². The van der Waals surface area contributed by atoms with Crippen molar-refractivity contribution < 1.29 is 4.79 Å². The number of hydrogen-bond donors (Lipinski definition) is 2. The number of carbonyl (C=O) groups excluding carboxylic acids is 1. The van der Waals surface area contributed by atoms with Crippen LogP contribution in [0.3, 0.4) is 0 Å². The van der Waals surface area contributed by atoms with Crippen LogP contribution in [0.15, 0.2) is 16.7 Å². The molecule has 2 bridgehead atoms. The van der Waals surface area contributed by atoms with E-state index in [4.69, 9.17) is 5.84 Å². The van der Waals surface area contributed by atoms with E-state index < -0.39 is 0 Å². The van der Waals surface area contributed by atoms with Crippen molar-refractivity contribution in [2.75, 3.05) is 19.0 Å². The van der Waals surface area contributed by atoms with Crippen molar-refractivity contribution in [3.05, 3.63) is 22.3 Å². The van der Waals surface area contributed by atoms with Gasteiger partial charge in [0.15, 0.2) is 5.82 Å². The molecule has 0 aliphatic heterocycles. The quantitative estimate of drug-likeness (QED) is 0.645. The number of amides is 1. The van der Waals surface area contributed by atoms with Gasteiger partial charge < -0.3 is 10.3 Å². The minimum atomic E-state index is -0.0282. The van der Waals surface area contributed by atoms with Crippen LogP contribution in [0.4, 0.5) is 5.82 Å². The number of rotatable bonds is 4. The second-order valence-electron chi connectivity index (χ2n) is 6.31.